The van der Waals surface area contributed by atoms with Crippen molar-refractivity contribution in [3.63, 3.8) is 0 Å². The SMILES string of the molecule is CCn1c(-c2ccccc2)csc1=NS(=O)(=O)c1ccc(Br)cc1. The van der Waals surface area contributed by atoms with Gasteiger partial charge in [0.1, 0.15) is 0 Å². The summed E-state index contributed by atoms with van der Waals surface area (Å²) in [4.78, 5) is 0.655. The number of aromatic nitrogens is 1. The van der Waals surface area contributed by atoms with Crippen molar-refractivity contribution in [1.29, 1.82) is 0 Å². The van der Waals surface area contributed by atoms with Gasteiger partial charge in [0.25, 0.3) is 10.0 Å². The van der Waals surface area contributed by atoms with Crippen LogP contribution in [0.2, 0.25) is 0 Å². The number of sulfonamides is 1. The first-order valence-electron chi connectivity index (χ1n) is 7.31. The van der Waals surface area contributed by atoms with Crippen LogP contribution in [0.5, 0.6) is 0 Å². The molecule has 3 rings (SSSR count). The lowest BCUT2D eigenvalue weighted by molar-refractivity contribution is 0.595. The summed E-state index contributed by atoms with van der Waals surface area (Å²) in [7, 11) is -3.74. The zero-order valence-electron chi connectivity index (χ0n) is 12.9. The monoisotopic (exact) mass is 422 g/mol. The van der Waals surface area contributed by atoms with Crippen LogP contribution < -0.4 is 4.80 Å². The van der Waals surface area contributed by atoms with Crippen molar-refractivity contribution >= 4 is 37.3 Å². The second-order valence-electron chi connectivity index (χ2n) is 5.03. The Bertz CT molecular complexity index is 1000. The normalized spacial score (nSPS) is 12.5. The molecule has 0 spiro atoms. The van der Waals surface area contributed by atoms with Gasteiger partial charge in [0.2, 0.25) is 4.80 Å². The van der Waals surface area contributed by atoms with Gasteiger partial charge in [-0.1, -0.05) is 46.3 Å². The smallest absolute Gasteiger partial charge is 0.285 e. The number of hydrogen-bond donors (Lipinski definition) is 0. The number of rotatable bonds is 4. The van der Waals surface area contributed by atoms with Gasteiger partial charge < -0.3 is 4.57 Å². The Labute approximate surface area is 153 Å². The quantitative estimate of drug-likeness (QED) is 0.629. The maximum atomic E-state index is 12.5. The third-order valence-electron chi connectivity index (χ3n) is 3.49. The third kappa shape index (κ3) is 3.53. The highest BCUT2D eigenvalue weighted by molar-refractivity contribution is 9.10. The first kappa shape index (κ1) is 17.1. The summed E-state index contributed by atoms with van der Waals surface area (Å²) in [5.41, 5.74) is 2.01. The van der Waals surface area contributed by atoms with Gasteiger partial charge in [-0.2, -0.15) is 8.42 Å². The first-order chi connectivity index (χ1) is 11.5. The van der Waals surface area contributed by atoms with E-state index in [1.807, 2.05) is 47.2 Å². The average molecular weight is 423 g/mol. The summed E-state index contributed by atoms with van der Waals surface area (Å²) in [5.74, 6) is 0. The number of halogens is 1. The summed E-state index contributed by atoms with van der Waals surface area (Å²) in [5, 5.41) is 1.94. The predicted molar refractivity (Wildman–Crippen MR) is 100 cm³/mol. The summed E-state index contributed by atoms with van der Waals surface area (Å²) in [6, 6.07) is 16.4. The molecule has 0 radical (unpaired) electrons. The minimum Gasteiger partial charge on any atom is -0.316 e. The van der Waals surface area contributed by atoms with Crippen molar-refractivity contribution in [1.82, 2.24) is 4.57 Å². The minimum atomic E-state index is -3.74. The fraction of sp³-hybridized carbons (Fsp3) is 0.118. The zero-order valence-corrected chi connectivity index (χ0v) is 16.1. The van der Waals surface area contributed by atoms with E-state index in [0.717, 1.165) is 15.7 Å². The molecule has 0 amide bonds. The Morgan fingerprint density at radius 1 is 1.08 bits per heavy atom. The van der Waals surface area contributed by atoms with E-state index >= 15 is 0 Å². The molecule has 1 heterocycles. The van der Waals surface area contributed by atoms with Crippen molar-refractivity contribution in [2.45, 2.75) is 18.4 Å². The molecule has 0 saturated heterocycles. The fourth-order valence-corrected chi connectivity index (χ4v) is 4.77. The molecular formula is C17H15BrN2O2S2. The van der Waals surface area contributed by atoms with E-state index in [4.69, 9.17) is 0 Å². The standard InChI is InChI=1S/C17H15BrN2O2S2/c1-2-20-16(13-6-4-3-5-7-13)12-23-17(20)19-24(21,22)15-10-8-14(18)9-11-15/h3-12H,2H2,1H3. The highest BCUT2D eigenvalue weighted by Crippen LogP contribution is 2.21. The average Bonchev–Trinajstić information content (AvgIpc) is 2.98. The van der Waals surface area contributed by atoms with E-state index in [-0.39, 0.29) is 4.90 Å². The van der Waals surface area contributed by atoms with Crippen LogP contribution in [-0.2, 0) is 16.6 Å². The largest absolute Gasteiger partial charge is 0.316 e. The van der Waals surface area contributed by atoms with Crippen molar-refractivity contribution in [2.24, 2.45) is 4.40 Å². The lowest BCUT2D eigenvalue weighted by Crippen LogP contribution is -2.17. The van der Waals surface area contributed by atoms with E-state index in [2.05, 4.69) is 20.3 Å². The topological polar surface area (TPSA) is 51.4 Å². The van der Waals surface area contributed by atoms with Gasteiger partial charge in [-0.05, 0) is 36.8 Å². The molecule has 0 aliphatic carbocycles. The van der Waals surface area contributed by atoms with Crippen LogP contribution in [0.15, 0.2) is 73.7 Å². The van der Waals surface area contributed by atoms with Crippen LogP contribution in [0.4, 0.5) is 0 Å². The van der Waals surface area contributed by atoms with Gasteiger partial charge in [-0.15, -0.1) is 15.7 Å². The van der Waals surface area contributed by atoms with Crippen LogP contribution in [0.3, 0.4) is 0 Å². The summed E-state index contributed by atoms with van der Waals surface area (Å²) in [6.45, 7) is 2.62. The third-order valence-corrected chi connectivity index (χ3v) is 6.28. The molecule has 7 heteroatoms. The molecule has 2 aromatic carbocycles. The maximum Gasteiger partial charge on any atom is 0.285 e. The summed E-state index contributed by atoms with van der Waals surface area (Å²) >= 11 is 4.63. The molecule has 0 aliphatic heterocycles. The minimum absolute atomic E-state index is 0.183. The van der Waals surface area contributed by atoms with Crippen LogP contribution in [0.25, 0.3) is 11.3 Å². The number of benzene rings is 2. The Hall–Kier alpha value is -1.70. The predicted octanol–water partition coefficient (Wildman–Crippen LogP) is 4.29. The van der Waals surface area contributed by atoms with Crippen molar-refractivity contribution < 1.29 is 8.42 Å². The molecule has 24 heavy (non-hydrogen) atoms. The molecule has 0 fully saturated rings. The van der Waals surface area contributed by atoms with E-state index < -0.39 is 10.0 Å². The van der Waals surface area contributed by atoms with Gasteiger partial charge in [0.05, 0.1) is 10.6 Å². The molecule has 0 N–H and O–H groups in total. The van der Waals surface area contributed by atoms with E-state index in [1.165, 1.54) is 11.3 Å². The number of nitrogens with zero attached hydrogens (tertiary/aromatic N) is 2. The number of thiazole rings is 1. The first-order valence-corrected chi connectivity index (χ1v) is 10.4. The van der Waals surface area contributed by atoms with Gasteiger partial charge in [-0.3, -0.25) is 0 Å². The Morgan fingerprint density at radius 2 is 1.75 bits per heavy atom. The summed E-state index contributed by atoms with van der Waals surface area (Å²) < 4.78 is 31.9. The highest BCUT2D eigenvalue weighted by atomic mass is 79.9. The van der Waals surface area contributed by atoms with Crippen molar-refractivity contribution in [3.8, 4) is 11.3 Å². The second-order valence-corrected chi connectivity index (χ2v) is 8.39. The fourth-order valence-electron chi connectivity index (χ4n) is 2.31. The van der Waals surface area contributed by atoms with Crippen LogP contribution >= 0.6 is 27.3 Å². The van der Waals surface area contributed by atoms with Gasteiger partial charge >= 0.3 is 0 Å². The summed E-state index contributed by atoms with van der Waals surface area (Å²) in [6.07, 6.45) is 0. The molecule has 0 atom stereocenters. The van der Waals surface area contributed by atoms with Crippen molar-refractivity contribution in [3.05, 3.63) is 69.3 Å². The van der Waals surface area contributed by atoms with Crippen LogP contribution in [0.1, 0.15) is 6.92 Å². The molecule has 0 bridgehead atoms. The van der Waals surface area contributed by atoms with E-state index in [1.54, 1.807) is 24.3 Å². The number of hydrogen-bond acceptors (Lipinski definition) is 3. The van der Waals surface area contributed by atoms with E-state index in [0.29, 0.717) is 11.3 Å². The van der Waals surface area contributed by atoms with Gasteiger partial charge in [0.15, 0.2) is 0 Å². The van der Waals surface area contributed by atoms with Gasteiger partial charge in [-0.25, -0.2) is 0 Å². The molecule has 3 aromatic rings. The molecule has 0 unspecified atom stereocenters. The second kappa shape index (κ2) is 7.04. The Kier molecular flexibility index (Phi) is 5.03. The van der Waals surface area contributed by atoms with Crippen LogP contribution in [-0.4, -0.2) is 13.0 Å². The zero-order chi connectivity index (χ0) is 17.2. The molecule has 124 valence electrons. The van der Waals surface area contributed by atoms with E-state index in [9.17, 15) is 8.42 Å². The lowest BCUT2D eigenvalue weighted by Gasteiger charge is -2.06. The van der Waals surface area contributed by atoms with Crippen LogP contribution in [0, 0.1) is 0 Å². The Balaban J connectivity index is 2.11. The lowest BCUT2D eigenvalue weighted by atomic mass is 10.2. The van der Waals surface area contributed by atoms with Gasteiger partial charge in [0, 0.05) is 16.4 Å². The molecule has 1 aromatic heterocycles. The highest BCUT2D eigenvalue weighted by Gasteiger charge is 2.14. The molecule has 0 aliphatic rings. The molecular weight excluding hydrogens is 408 g/mol. The maximum absolute atomic E-state index is 12.5. The molecule has 4 nitrogen and oxygen atoms in total. The molecule has 0 saturated carbocycles. The Morgan fingerprint density at radius 3 is 2.38 bits per heavy atom. The van der Waals surface area contributed by atoms with Crippen molar-refractivity contribution in [2.75, 3.05) is 0 Å².